The molecule has 0 aliphatic carbocycles. The van der Waals surface area contributed by atoms with Gasteiger partial charge in [-0.15, -0.1) is 0 Å². The molecule has 0 radical (unpaired) electrons. The first kappa shape index (κ1) is 29.9. The number of hydrogen-bond acceptors (Lipinski definition) is 8. The number of nitrogens with zero attached hydrogens (tertiary/aromatic N) is 5. The number of carbonyl (C=O) groups is 1. The highest BCUT2D eigenvalue weighted by atomic mass is 79.9. The van der Waals surface area contributed by atoms with Gasteiger partial charge in [0.25, 0.3) is 0 Å². The monoisotopic (exact) mass is 637 g/mol. The number of likely N-dealkylation sites (tertiary alicyclic amines) is 1. The number of primary amides is 1. The van der Waals surface area contributed by atoms with Crippen molar-refractivity contribution in [1.82, 2.24) is 19.9 Å². The van der Waals surface area contributed by atoms with Crippen molar-refractivity contribution in [2.75, 3.05) is 18.4 Å². The predicted octanol–water partition coefficient (Wildman–Crippen LogP) is 6.42. The van der Waals surface area contributed by atoms with Gasteiger partial charge in [0.2, 0.25) is 17.7 Å². The molecule has 2 aromatic heterocycles. The van der Waals surface area contributed by atoms with E-state index < -0.39 is 5.91 Å². The molecule has 0 bridgehead atoms. The Bertz CT molecular complexity index is 1670. The lowest BCUT2D eigenvalue weighted by Crippen LogP contribution is -2.39. The average Bonchev–Trinajstić information content (AvgIpc) is 2.99. The SMILES string of the molecule is Cc1cc(/C=C/C#N)cc(C)c1Oc1nc(NC2CCN(Cc3ccc(C(N)=O)cc3)CC2)ncc1-c1ccnc(Br)c1. The first-order valence-corrected chi connectivity index (χ1v) is 14.8. The molecule has 3 N–H and O–H groups in total. The molecule has 43 heavy (non-hydrogen) atoms. The molecule has 1 saturated heterocycles. The van der Waals surface area contributed by atoms with Crippen LogP contribution < -0.4 is 15.8 Å². The number of aryl methyl sites for hydroxylation is 2. The smallest absolute Gasteiger partial charge is 0.248 e. The van der Waals surface area contributed by atoms with E-state index in [0.717, 1.165) is 65.9 Å². The van der Waals surface area contributed by atoms with Gasteiger partial charge in [0.05, 0.1) is 11.6 Å². The molecule has 0 spiro atoms. The molecule has 2 aromatic carbocycles. The number of nitrogens with one attached hydrogen (secondary N) is 1. The summed E-state index contributed by atoms with van der Waals surface area (Å²) in [5.41, 5.74) is 11.5. The maximum atomic E-state index is 11.4. The number of ether oxygens (including phenoxy) is 1. The number of benzene rings is 2. The van der Waals surface area contributed by atoms with Gasteiger partial charge in [-0.25, -0.2) is 9.97 Å². The summed E-state index contributed by atoms with van der Waals surface area (Å²) in [6, 6.07) is 17.5. The number of rotatable bonds is 9. The summed E-state index contributed by atoms with van der Waals surface area (Å²) in [6.07, 6.45) is 8.63. The van der Waals surface area contributed by atoms with Crippen molar-refractivity contribution in [1.29, 1.82) is 5.26 Å². The third-order valence-corrected chi connectivity index (χ3v) is 7.82. The standard InChI is InChI=1S/C33H32BrN7O2/c1-21-16-24(4-3-12-35)17-22(2)30(21)43-32-28(26-9-13-37-29(34)18-26)19-38-33(40-32)39-27-10-14-41(15-11-27)20-23-5-7-25(8-6-23)31(36)42/h3-9,13,16-19,27H,10-11,14-15,20H2,1-2H3,(H2,36,42)(H,38,39,40)/b4-3+. The lowest BCUT2D eigenvalue weighted by Gasteiger charge is -2.32. The summed E-state index contributed by atoms with van der Waals surface area (Å²) in [4.78, 5) is 27.5. The molecule has 0 saturated carbocycles. The minimum atomic E-state index is -0.413. The number of halogens is 1. The van der Waals surface area contributed by atoms with Crippen LogP contribution in [0.2, 0.25) is 0 Å². The Labute approximate surface area is 259 Å². The van der Waals surface area contributed by atoms with E-state index in [1.807, 2.05) is 56.3 Å². The van der Waals surface area contributed by atoms with Crippen molar-refractivity contribution in [2.45, 2.75) is 39.3 Å². The minimum absolute atomic E-state index is 0.219. The second kappa shape index (κ2) is 13.6. The highest BCUT2D eigenvalue weighted by Crippen LogP contribution is 2.36. The van der Waals surface area contributed by atoms with Crippen molar-refractivity contribution in [3.63, 3.8) is 0 Å². The van der Waals surface area contributed by atoms with E-state index in [-0.39, 0.29) is 6.04 Å². The molecule has 1 aliphatic heterocycles. The van der Waals surface area contributed by atoms with Gasteiger partial charge in [-0.05, 0) is 113 Å². The molecule has 5 rings (SSSR count). The topological polar surface area (TPSA) is 130 Å². The predicted molar refractivity (Wildman–Crippen MR) is 170 cm³/mol. The third-order valence-electron chi connectivity index (χ3n) is 7.39. The molecular formula is C33H32BrN7O2. The number of aromatic nitrogens is 3. The van der Waals surface area contributed by atoms with Crippen molar-refractivity contribution in [3.05, 3.63) is 99.4 Å². The highest BCUT2D eigenvalue weighted by molar-refractivity contribution is 9.10. The minimum Gasteiger partial charge on any atom is -0.438 e. The fourth-order valence-corrected chi connectivity index (χ4v) is 5.57. The molecule has 0 unspecified atom stereocenters. The molecule has 1 fully saturated rings. The third kappa shape index (κ3) is 7.63. The van der Waals surface area contributed by atoms with Crippen molar-refractivity contribution in [2.24, 2.45) is 5.73 Å². The number of piperidine rings is 1. The Morgan fingerprint density at radius 3 is 2.51 bits per heavy atom. The molecule has 218 valence electrons. The summed E-state index contributed by atoms with van der Waals surface area (Å²) in [5, 5.41) is 12.4. The molecule has 1 aliphatic rings. The van der Waals surface area contributed by atoms with Gasteiger partial charge >= 0.3 is 0 Å². The molecule has 0 atom stereocenters. The Morgan fingerprint density at radius 1 is 1.14 bits per heavy atom. The van der Waals surface area contributed by atoms with E-state index in [0.29, 0.717) is 27.7 Å². The van der Waals surface area contributed by atoms with Crippen LogP contribution in [0.25, 0.3) is 17.2 Å². The van der Waals surface area contributed by atoms with Crippen LogP contribution in [0.3, 0.4) is 0 Å². The molecular weight excluding hydrogens is 606 g/mol. The van der Waals surface area contributed by atoms with Crippen molar-refractivity contribution >= 4 is 33.9 Å². The van der Waals surface area contributed by atoms with Crippen LogP contribution in [0.4, 0.5) is 5.95 Å². The second-order valence-electron chi connectivity index (χ2n) is 10.6. The Balaban J connectivity index is 1.32. The molecule has 10 heteroatoms. The molecule has 9 nitrogen and oxygen atoms in total. The van der Waals surface area contributed by atoms with Gasteiger partial charge in [0, 0.05) is 49.7 Å². The lowest BCUT2D eigenvalue weighted by molar-refractivity contribution is 0.1000. The van der Waals surface area contributed by atoms with Gasteiger partial charge in [-0.2, -0.15) is 10.2 Å². The summed E-state index contributed by atoms with van der Waals surface area (Å²) in [7, 11) is 0. The van der Waals surface area contributed by atoms with Crippen LogP contribution in [-0.2, 0) is 6.54 Å². The lowest BCUT2D eigenvalue weighted by atomic mass is 10.0. The average molecular weight is 639 g/mol. The van der Waals surface area contributed by atoms with Crippen LogP contribution in [0.1, 0.15) is 45.5 Å². The Kier molecular flexibility index (Phi) is 9.45. The zero-order chi connectivity index (χ0) is 30.3. The second-order valence-corrected chi connectivity index (χ2v) is 11.4. The van der Waals surface area contributed by atoms with Crippen molar-refractivity contribution < 1.29 is 9.53 Å². The van der Waals surface area contributed by atoms with Gasteiger partial charge in [-0.3, -0.25) is 9.69 Å². The van der Waals surface area contributed by atoms with Gasteiger partial charge in [-0.1, -0.05) is 12.1 Å². The summed E-state index contributed by atoms with van der Waals surface area (Å²) in [6.45, 7) is 6.63. The zero-order valence-electron chi connectivity index (χ0n) is 24.0. The molecule has 1 amide bonds. The van der Waals surface area contributed by atoms with E-state index in [1.54, 1.807) is 30.6 Å². The zero-order valence-corrected chi connectivity index (χ0v) is 25.6. The van der Waals surface area contributed by atoms with E-state index in [2.05, 4.69) is 36.1 Å². The fraction of sp³-hybridized carbons (Fsp3) is 0.242. The van der Waals surface area contributed by atoms with Crippen LogP contribution >= 0.6 is 15.9 Å². The van der Waals surface area contributed by atoms with Crippen LogP contribution in [-0.4, -0.2) is 44.9 Å². The number of allylic oxidation sites excluding steroid dienone is 1. The van der Waals surface area contributed by atoms with E-state index in [1.165, 1.54) is 6.08 Å². The summed E-state index contributed by atoms with van der Waals surface area (Å²) < 4.78 is 7.21. The van der Waals surface area contributed by atoms with Gasteiger partial charge in [0.15, 0.2) is 0 Å². The number of carbonyl (C=O) groups excluding carboxylic acids is 1. The molecule has 3 heterocycles. The number of anilines is 1. The highest BCUT2D eigenvalue weighted by Gasteiger charge is 2.22. The molecule has 4 aromatic rings. The summed E-state index contributed by atoms with van der Waals surface area (Å²) >= 11 is 3.46. The summed E-state index contributed by atoms with van der Waals surface area (Å²) in [5.74, 6) is 1.25. The van der Waals surface area contributed by atoms with Crippen LogP contribution in [0.5, 0.6) is 11.6 Å². The van der Waals surface area contributed by atoms with Gasteiger partial charge in [0.1, 0.15) is 10.4 Å². The van der Waals surface area contributed by atoms with Gasteiger partial charge < -0.3 is 15.8 Å². The number of pyridine rings is 1. The van der Waals surface area contributed by atoms with E-state index >= 15 is 0 Å². The number of amides is 1. The van der Waals surface area contributed by atoms with Crippen molar-refractivity contribution in [3.8, 4) is 28.8 Å². The maximum absolute atomic E-state index is 11.4. The Hall–Kier alpha value is -4.59. The largest absolute Gasteiger partial charge is 0.438 e. The van der Waals surface area contributed by atoms with Crippen LogP contribution in [0, 0.1) is 25.2 Å². The number of hydrogen-bond donors (Lipinski definition) is 2. The Morgan fingerprint density at radius 2 is 1.86 bits per heavy atom. The fourth-order valence-electron chi connectivity index (χ4n) is 5.20. The normalized spacial score (nSPS) is 14.0. The maximum Gasteiger partial charge on any atom is 0.248 e. The first-order chi connectivity index (χ1) is 20.8. The first-order valence-electron chi connectivity index (χ1n) is 14.0. The van der Waals surface area contributed by atoms with E-state index in [9.17, 15) is 4.79 Å². The number of nitrogens with two attached hydrogens (primary N) is 1. The van der Waals surface area contributed by atoms with Crippen LogP contribution in [0.15, 0.2) is 71.6 Å². The number of nitriles is 1. The quantitative estimate of drug-likeness (QED) is 0.159. The van der Waals surface area contributed by atoms with E-state index in [4.69, 9.17) is 20.7 Å².